The van der Waals surface area contributed by atoms with Crippen LogP contribution in [0.25, 0.3) is 11.1 Å². The quantitative estimate of drug-likeness (QED) is 0.804. The molecule has 0 saturated carbocycles. The summed E-state index contributed by atoms with van der Waals surface area (Å²) in [5, 5.41) is 3.34. The lowest BCUT2D eigenvalue weighted by atomic mass is 10.2. The van der Waals surface area contributed by atoms with E-state index in [2.05, 4.69) is 5.32 Å². The van der Waals surface area contributed by atoms with Crippen LogP contribution in [-0.2, 0) is 6.54 Å². The fourth-order valence-corrected chi connectivity index (χ4v) is 2.36. The van der Waals surface area contributed by atoms with Gasteiger partial charge in [0.15, 0.2) is 5.58 Å². The van der Waals surface area contributed by atoms with Gasteiger partial charge in [-0.2, -0.15) is 0 Å². The lowest BCUT2D eigenvalue weighted by Crippen LogP contribution is -2.21. The molecule has 0 saturated heterocycles. The fraction of sp³-hybridized carbons (Fsp3) is 0.133. The van der Waals surface area contributed by atoms with Crippen LogP contribution < -0.4 is 5.32 Å². The lowest BCUT2D eigenvalue weighted by molar-refractivity contribution is 0.0954. The molecule has 0 atom stereocenters. The number of carbonyl (C=O) groups is 1. The minimum Gasteiger partial charge on any atom is -0.463 e. The molecule has 102 valence electrons. The number of aromatic nitrogens is 1. The first-order valence-electron chi connectivity index (χ1n) is 6.22. The Balaban J connectivity index is 2.06. The molecule has 0 bridgehead atoms. The molecule has 3 aromatic rings. The average molecular weight is 289 g/mol. The fourth-order valence-electron chi connectivity index (χ4n) is 2.24. The molecule has 0 aliphatic heterocycles. The maximum atomic E-state index is 12.0. The molecule has 0 aliphatic carbocycles. The first-order chi connectivity index (χ1) is 9.69. The second-order valence-electron chi connectivity index (χ2n) is 4.49. The van der Waals surface area contributed by atoms with E-state index >= 15 is 0 Å². The first-order valence-corrected chi connectivity index (χ1v) is 6.60. The van der Waals surface area contributed by atoms with Crippen molar-refractivity contribution in [2.24, 2.45) is 0 Å². The summed E-state index contributed by atoms with van der Waals surface area (Å²) in [5.74, 6) is -0.134. The number of halogens is 1. The molecule has 5 heteroatoms. The number of hydrogen-bond donors (Lipinski definition) is 1. The minimum absolute atomic E-state index is 0.134. The Labute approximate surface area is 120 Å². The number of amides is 1. The molecule has 1 aromatic carbocycles. The van der Waals surface area contributed by atoms with E-state index < -0.39 is 0 Å². The van der Waals surface area contributed by atoms with Gasteiger partial charge in [-0.25, -0.2) is 0 Å². The van der Waals surface area contributed by atoms with Gasteiger partial charge in [-0.05, 0) is 17.7 Å². The molecule has 4 nitrogen and oxygen atoms in total. The second-order valence-corrected chi connectivity index (χ2v) is 4.93. The monoisotopic (exact) mass is 288 g/mol. The van der Waals surface area contributed by atoms with Crippen LogP contribution in [-0.4, -0.2) is 17.5 Å². The Morgan fingerprint density at radius 3 is 2.75 bits per heavy atom. The van der Waals surface area contributed by atoms with Gasteiger partial charge in [0.25, 0.3) is 5.91 Å². The Morgan fingerprint density at radius 1 is 1.30 bits per heavy atom. The molecule has 0 spiro atoms. The third kappa shape index (κ3) is 2.18. The van der Waals surface area contributed by atoms with Gasteiger partial charge in [0.2, 0.25) is 0 Å². The zero-order valence-corrected chi connectivity index (χ0v) is 11.6. The summed E-state index contributed by atoms with van der Waals surface area (Å²) in [6, 6.07) is 11.2. The first kappa shape index (κ1) is 12.8. The summed E-state index contributed by atoms with van der Waals surface area (Å²) < 4.78 is 7.30. The standard InChI is InChI=1S/C15H13ClN2O2/c1-17-15(19)13-8-14-12(6-7-20-14)18(13)9-10-2-4-11(16)5-3-10/h2-8H,9H2,1H3,(H,17,19). The third-order valence-electron chi connectivity index (χ3n) is 3.24. The van der Waals surface area contributed by atoms with E-state index in [1.807, 2.05) is 34.9 Å². The lowest BCUT2D eigenvalue weighted by Gasteiger charge is -2.09. The van der Waals surface area contributed by atoms with Crippen molar-refractivity contribution in [1.82, 2.24) is 9.88 Å². The van der Waals surface area contributed by atoms with Crippen LogP contribution in [0.5, 0.6) is 0 Å². The highest BCUT2D eigenvalue weighted by molar-refractivity contribution is 6.30. The molecular formula is C15H13ClN2O2. The van der Waals surface area contributed by atoms with E-state index in [0.29, 0.717) is 22.8 Å². The molecule has 0 radical (unpaired) electrons. The van der Waals surface area contributed by atoms with Gasteiger partial charge in [0.1, 0.15) is 5.69 Å². The second kappa shape index (κ2) is 5.06. The molecule has 0 aliphatic rings. The number of hydrogen-bond acceptors (Lipinski definition) is 2. The number of rotatable bonds is 3. The maximum absolute atomic E-state index is 12.0. The number of nitrogens with zero attached hydrogens (tertiary/aromatic N) is 1. The smallest absolute Gasteiger partial charge is 0.267 e. The van der Waals surface area contributed by atoms with E-state index in [-0.39, 0.29) is 5.91 Å². The van der Waals surface area contributed by atoms with Crippen molar-refractivity contribution >= 4 is 28.6 Å². The van der Waals surface area contributed by atoms with Crippen molar-refractivity contribution in [2.75, 3.05) is 7.05 Å². The summed E-state index contributed by atoms with van der Waals surface area (Å²) >= 11 is 5.89. The molecule has 0 unspecified atom stereocenters. The number of nitrogens with one attached hydrogen (secondary N) is 1. The number of fused-ring (bicyclic) bond motifs is 1. The van der Waals surface area contributed by atoms with Crippen molar-refractivity contribution < 1.29 is 9.21 Å². The number of benzene rings is 1. The average Bonchev–Trinajstić information content (AvgIpc) is 3.03. The number of carbonyl (C=O) groups excluding carboxylic acids is 1. The van der Waals surface area contributed by atoms with Crippen molar-refractivity contribution in [3.05, 3.63) is 58.9 Å². The van der Waals surface area contributed by atoms with E-state index in [4.69, 9.17) is 16.0 Å². The molecule has 1 amide bonds. The Morgan fingerprint density at radius 2 is 2.05 bits per heavy atom. The van der Waals surface area contributed by atoms with Crippen LogP contribution in [0.1, 0.15) is 16.1 Å². The molecule has 3 rings (SSSR count). The normalized spacial score (nSPS) is 10.9. The van der Waals surface area contributed by atoms with E-state index in [9.17, 15) is 4.79 Å². The minimum atomic E-state index is -0.134. The van der Waals surface area contributed by atoms with Crippen LogP contribution in [0.2, 0.25) is 5.02 Å². The molecule has 2 aromatic heterocycles. The van der Waals surface area contributed by atoms with Crippen molar-refractivity contribution in [3.8, 4) is 0 Å². The van der Waals surface area contributed by atoms with Crippen LogP contribution in [0, 0.1) is 0 Å². The molecular weight excluding hydrogens is 276 g/mol. The van der Waals surface area contributed by atoms with Crippen molar-refractivity contribution in [2.45, 2.75) is 6.54 Å². The summed E-state index contributed by atoms with van der Waals surface area (Å²) in [6.07, 6.45) is 1.62. The highest BCUT2D eigenvalue weighted by atomic mass is 35.5. The topological polar surface area (TPSA) is 47.2 Å². The predicted octanol–water partition coefficient (Wildman–Crippen LogP) is 3.30. The molecule has 2 heterocycles. The zero-order chi connectivity index (χ0) is 14.1. The Kier molecular flexibility index (Phi) is 3.24. The summed E-state index contributed by atoms with van der Waals surface area (Å²) in [5.41, 5.74) is 3.26. The van der Waals surface area contributed by atoms with Crippen molar-refractivity contribution in [3.63, 3.8) is 0 Å². The van der Waals surface area contributed by atoms with Crippen LogP contribution in [0.4, 0.5) is 0 Å². The molecule has 20 heavy (non-hydrogen) atoms. The summed E-state index contributed by atoms with van der Waals surface area (Å²) in [4.78, 5) is 12.0. The third-order valence-corrected chi connectivity index (χ3v) is 3.49. The molecule has 0 fully saturated rings. The van der Waals surface area contributed by atoms with Gasteiger partial charge < -0.3 is 14.3 Å². The molecule has 1 N–H and O–H groups in total. The van der Waals surface area contributed by atoms with Gasteiger partial charge in [-0.1, -0.05) is 23.7 Å². The van der Waals surface area contributed by atoms with Gasteiger partial charge in [-0.15, -0.1) is 0 Å². The highest BCUT2D eigenvalue weighted by Crippen LogP contribution is 2.23. The highest BCUT2D eigenvalue weighted by Gasteiger charge is 2.16. The summed E-state index contributed by atoms with van der Waals surface area (Å²) in [6.45, 7) is 0.586. The SMILES string of the molecule is CNC(=O)c1cc2occc2n1Cc1ccc(Cl)cc1. The van der Waals surface area contributed by atoms with Gasteiger partial charge in [0, 0.05) is 30.7 Å². The maximum Gasteiger partial charge on any atom is 0.267 e. The Hall–Kier alpha value is -2.20. The van der Waals surface area contributed by atoms with Crippen LogP contribution in [0.3, 0.4) is 0 Å². The largest absolute Gasteiger partial charge is 0.463 e. The van der Waals surface area contributed by atoms with Gasteiger partial charge in [0.05, 0.1) is 11.8 Å². The number of furan rings is 1. The van der Waals surface area contributed by atoms with Crippen LogP contribution >= 0.6 is 11.6 Å². The van der Waals surface area contributed by atoms with Crippen molar-refractivity contribution in [1.29, 1.82) is 0 Å². The van der Waals surface area contributed by atoms with E-state index in [0.717, 1.165) is 11.1 Å². The van der Waals surface area contributed by atoms with Gasteiger partial charge in [-0.3, -0.25) is 4.79 Å². The van der Waals surface area contributed by atoms with Crippen LogP contribution in [0.15, 0.2) is 47.1 Å². The van der Waals surface area contributed by atoms with E-state index in [1.165, 1.54) is 0 Å². The van der Waals surface area contributed by atoms with E-state index in [1.54, 1.807) is 19.4 Å². The summed E-state index contributed by atoms with van der Waals surface area (Å²) in [7, 11) is 1.61. The zero-order valence-electron chi connectivity index (χ0n) is 10.9. The Bertz CT molecular complexity index is 756. The predicted molar refractivity (Wildman–Crippen MR) is 78.1 cm³/mol. The van der Waals surface area contributed by atoms with Gasteiger partial charge >= 0.3 is 0 Å².